The Balaban J connectivity index is 2.65. The van der Waals surface area contributed by atoms with Crippen molar-refractivity contribution in [3.63, 3.8) is 0 Å². The lowest BCUT2D eigenvalue weighted by atomic mass is 10.1. The van der Waals surface area contributed by atoms with Crippen LogP contribution in [0.25, 0.3) is 0 Å². The number of nitrogens with two attached hydrogens (primary N) is 1. The van der Waals surface area contributed by atoms with Gasteiger partial charge in [0.15, 0.2) is 5.78 Å². The van der Waals surface area contributed by atoms with Gasteiger partial charge in [0, 0.05) is 11.4 Å². The number of benzene rings is 1. The van der Waals surface area contributed by atoms with Gasteiger partial charge in [0.2, 0.25) is 0 Å². The van der Waals surface area contributed by atoms with Gasteiger partial charge in [0.1, 0.15) is 0 Å². The summed E-state index contributed by atoms with van der Waals surface area (Å²) in [6.07, 6.45) is 0.384. The molecule has 0 amide bonds. The van der Waals surface area contributed by atoms with E-state index in [4.69, 9.17) is 17.3 Å². The second-order valence-corrected chi connectivity index (χ2v) is 3.49. The summed E-state index contributed by atoms with van der Waals surface area (Å²) in [7, 11) is 0. The molecule has 0 aliphatic heterocycles. The predicted molar refractivity (Wildman–Crippen MR) is 53.8 cm³/mol. The molecule has 0 spiro atoms. The minimum Gasteiger partial charge on any atom is -0.322 e. The second-order valence-electron chi connectivity index (χ2n) is 3.06. The highest BCUT2D eigenvalue weighted by Crippen LogP contribution is 2.10. The van der Waals surface area contributed by atoms with Crippen LogP contribution in [0.2, 0.25) is 5.02 Å². The maximum atomic E-state index is 11.2. The normalized spacial score (nSPS) is 12.5. The number of hydrogen-bond acceptors (Lipinski definition) is 2. The van der Waals surface area contributed by atoms with Crippen LogP contribution in [-0.4, -0.2) is 11.8 Å². The van der Waals surface area contributed by atoms with E-state index in [9.17, 15) is 4.79 Å². The summed E-state index contributed by atoms with van der Waals surface area (Å²) in [5.41, 5.74) is 6.39. The lowest BCUT2D eigenvalue weighted by Gasteiger charge is -2.03. The van der Waals surface area contributed by atoms with E-state index in [0.717, 1.165) is 5.56 Å². The fourth-order valence-electron chi connectivity index (χ4n) is 0.964. The first-order chi connectivity index (χ1) is 6.09. The van der Waals surface area contributed by atoms with Crippen molar-refractivity contribution < 1.29 is 4.79 Å². The van der Waals surface area contributed by atoms with Crippen LogP contribution in [0.5, 0.6) is 0 Å². The van der Waals surface area contributed by atoms with Gasteiger partial charge < -0.3 is 5.73 Å². The highest BCUT2D eigenvalue weighted by Gasteiger charge is 2.07. The molecular weight excluding hydrogens is 186 g/mol. The van der Waals surface area contributed by atoms with E-state index in [-0.39, 0.29) is 5.78 Å². The summed E-state index contributed by atoms with van der Waals surface area (Å²) in [4.78, 5) is 11.2. The fourth-order valence-corrected chi connectivity index (χ4v) is 1.09. The standard InChI is InChI=1S/C10H12ClNO/c1-7(12)10(13)6-8-2-4-9(11)5-3-8/h2-5,7H,6,12H2,1H3. The third kappa shape index (κ3) is 3.17. The molecule has 70 valence electrons. The molecule has 1 aromatic rings. The van der Waals surface area contributed by atoms with Crippen LogP contribution < -0.4 is 5.73 Å². The highest BCUT2D eigenvalue weighted by molar-refractivity contribution is 6.30. The first-order valence-electron chi connectivity index (χ1n) is 4.12. The predicted octanol–water partition coefficient (Wildman–Crippen LogP) is 1.80. The minimum absolute atomic E-state index is 0.0438. The summed E-state index contributed by atoms with van der Waals surface area (Å²) in [5, 5.41) is 0.678. The monoisotopic (exact) mass is 197 g/mol. The average Bonchev–Trinajstić information content (AvgIpc) is 2.08. The molecule has 0 radical (unpaired) electrons. The lowest BCUT2D eigenvalue weighted by molar-refractivity contribution is -0.119. The zero-order valence-electron chi connectivity index (χ0n) is 7.46. The van der Waals surface area contributed by atoms with E-state index in [2.05, 4.69) is 0 Å². The Kier molecular flexibility index (Phi) is 3.46. The SMILES string of the molecule is CC(N)C(=O)Cc1ccc(Cl)cc1. The van der Waals surface area contributed by atoms with E-state index in [1.165, 1.54) is 0 Å². The van der Waals surface area contributed by atoms with Crippen LogP contribution in [0.4, 0.5) is 0 Å². The van der Waals surface area contributed by atoms with Crippen LogP contribution in [0.3, 0.4) is 0 Å². The van der Waals surface area contributed by atoms with Crippen LogP contribution in [0.1, 0.15) is 12.5 Å². The second kappa shape index (κ2) is 4.40. The third-order valence-corrected chi connectivity index (χ3v) is 2.05. The molecule has 13 heavy (non-hydrogen) atoms. The number of hydrogen-bond donors (Lipinski definition) is 1. The molecule has 0 bridgehead atoms. The van der Waals surface area contributed by atoms with Crippen molar-refractivity contribution >= 4 is 17.4 Å². The molecule has 1 rings (SSSR count). The Morgan fingerprint density at radius 2 is 2.00 bits per heavy atom. The molecule has 2 N–H and O–H groups in total. The van der Waals surface area contributed by atoms with Gasteiger partial charge >= 0.3 is 0 Å². The van der Waals surface area contributed by atoms with Crippen molar-refractivity contribution in [2.24, 2.45) is 5.73 Å². The Labute approximate surface area is 82.7 Å². The number of carbonyl (C=O) groups excluding carboxylic acids is 1. The molecule has 1 atom stereocenters. The summed E-state index contributed by atoms with van der Waals surface area (Å²) >= 11 is 5.70. The molecular formula is C10H12ClNO. The number of ketones is 1. The molecule has 2 nitrogen and oxygen atoms in total. The van der Waals surface area contributed by atoms with Crippen molar-refractivity contribution in [2.75, 3.05) is 0 Å². The molecule has 0 aromatic heterocycles. The highest BCUT2D eigenvalue weighted by atomic mass is 35.5. The van der Waals surface area contributed by atoms with Crippen molar-refractivity contribution in [1.82, 2.24) is 0 Å². The van der Waals surface area contributed by atoms with Crippen LogP contribution in [-0.2, 0) is 11.2 Å². The van der Waals surface area contributed by atoms with E-state index < -0.39 is 6.04 Å². The number of rotatable bonds is 3. The molecule has 1 unspecified atom stereocenters. The molecule has 0 heterocycles. The fraction of sp³-hybridized carbons (Fsp3) is 0.300. The summed E-state index contributed by atoms with van der Waals surface area (Å²) < 4.78 is 0. The lowest BCUT2D eigenvalue weighted by Crippen LogP contribution is -2.28. The molecule has 0 aliphatic carbocycles. The average molecular weight is 198 g/mol. The van der Waals surface area contributed by atoms with Crippen molar-refractivity contribution in [3.05, 3.63) is 34.9 Å². The smallest absolute Gasteiger partial charge is 0.153 e. The molecule has 0 saturated heterocycles. The van der Waals surface area contributed by atoms with Gasteiger partial charge in [-0.1, -0.05) is 23.7 Å². The topological polar surface area (TPSA) is 43.1 Å². The summed E-state index contributed by atoms with van der Waals surface area (Å²) in [6.45, 7) is 1.69. The van der Waals surface area contributed by atoms with Gasteiger partial charge in [-0.05, 0) is 24.6 Å². The van der Waals surface area contributed by atoms with E-state index in [1.807, 2.05) is 12.1 Å². The van der Waals surface area contributed by atoms with E-state index in [1.54, 1.807) is 19.1 Å². The number of halogens is 1. The minimum atomic E-state index is -0.393. The molecule has 0 aliphatic rings. The van der Waals surface area contributed by atoms with Crippen LogP contribution in [0, 0.1) is 0 Å². The van der Waals surface area contributed by atoms with E-state index in [0.29, 0.717) is 11.4 Å². The van der Waals surface area contributed by atoms with Crippen molar-refractivity contribution in [3.8, 4) is 0 Å². The van der Waals surface area contributed by atoms with Gasteiger partial charge in [-0.15, -0.1) is 0 Å². The zero-order chi connectivity index (χ0) is 9.84. The van der Waals surface area contributed by atoms with Gasteiger partial charge in [-0.25, -0.2) is 0 Å². The number of Topliss-reactive ketones (excluding diaryl/α,β-unsaturated/α-hetero) is 1. The molecule has 0 fully saturated rings. The van der Waals surface area contributed by atoms with Gasteiger partial charge in [0.25, 0.3) is 0 Å². The molecule has 1 aromatic carbocycles. The first kappa shape index (κ1) is 10.2. The summed E-state index contributed by atoms with van der Waals surface area (Å²) in [5.74, 6) is 0.0438. The molecule has 3 heteroatoms. The number of carbonyl (C=O) groups is 1. The van der Waals surface area contributed by atoms with Crippen molar-refractivity contribution in [2.45, 2.75) is 19.4 Å². The Morgan fingerprint density at radius 1 is 1.46 bits per heavy atom. The van der Waals surface area contributed by atoms with Gasteiger partial charge in [0.05, 0.1) is 6.04 Å². The maximum absolute atomic E-state index is 11.2. The van der Waals surface area contributed by atoms with Gasteiger partial charge in [-0.3, -0.25) is 4.79 Å². The van der Waals surface area contributed by atoms with Gasteiger partial charge in [-0.2, -0.15) is 0 Å². The Bertz CT molecular complexity index is 292. The molecule has 0 saturated carbocycles. The Morgan fingerprint density at radius 3 is 2.46 bits per heavy atom. The third-order valence-electron chi connectivity index (χ3n) is 1.80. The largest absolute Gasteiger partial charge is 0.322 e. The first-order valence-corrected chi connectivity index (χ1v) is 4.50. The van der Waals surface area contributed by atoms with Crippen LogP contribution >= 0.6 is 11.6 Å². The maximum Gasteiger partial charge on any atom is 0.153 e. The quantitative estimate of drug-likeness (QED) is 0.803. The zero-order valence-corrected chi connectivity index (χ0v) is 8.21. The summed E-state index contributed by atoms with van der Waals surface area (Å²) in [6, 6.07) is 6.82. The van der Waals surface area contributed by atoms with Crippen molar-refractivity contribution in [1.29, 1.82) is 0 Å². The Hall–Kier alpha value is -0.860. The van der Waals surface area contributed by atoms with E-state index >= 15 is 0 Å². The van der Waals surface area contributed by atoms with Crippen LogP contribution in [0.15, 0.2) is 24.3 Å².